The highest BCUT2D eigenvalue weighted by Crippen LogP contribution is 2.32. The van der Waals surface area contributed by atoms with Crippen LogP contribution < -0.4 is 10.5 Å². The number of hydrogen-bond donors (Lipinski definition) is 1. The Hall–Kier alpha value is -0.750. The van der Waals surface area contributed by atoms with Gasteiger partial charge in [-0.05, 0) is 40.5 Å². The van der Waals surface area contributed by atoms with E-state index in [-0.39, 0.29) is 0 Å². The molecule has 0 amide bonds. The predicted octanol–water partition coefficient (Wildman–Crippen LogP) is 3.80. The third-order valence-corrected chi connectivity index (χ3v) is 2.76. The summed E-state index contributed by atoms with van der Waals surface area (Å²) in [6.07, 6.45) is -5.29. The zero-order chi connectivity index (χ0) is 13.1. The van der Waals surface area contributed by atoms with Crippen LogP contribution in [0.15, 0.2) is 22.7 Å². The number of alkyl halides is 3. The number of hydrogen-bond acceptors (Lipinski definition) is 2. The third-order valence-electron chi connectivity index (χ3n) is 2.14. The number of benzene rings is 1. The fraction of sp³-hybridized carbons (Fsp3) is 0.455. The minimum absolute atomic E-state index is 0.428. The molecule has 0 bridgehead atoms. The lowest BCUT2D eigenvalue weighted by atomic mass is 10.0. The first kappa shape index (κ1) is 14.3. The molecule has 1 aromatic rings. The smallest absolute Gasteiger partial charge is 0.390 e. The van der Waals surface area contributed by atoms with Gasteiger partial charge in [0.15, 0.2) is 0 Å². The fourth-order valence-corrected chi connectivity index (χ4v) is 1.90. The van der Waals surface area contributed by atoms with E-state index in [4.69, 9.17) is 10.5 Å². The summed E-state index contributed by atoms with van der Waals surface area (Å²) in [4.78, 5) is 0. The quantitative estimate of drug-likeness (QED) is 0.918. The van der Waals surface area contributed by atoms with Gasteiger partial charge in [-0.1, -0.05) is 6.07 Å². The van der Waals surface area contributed by atoms with Crippen LogP contribution in [0, 0.1) is 0 Å². The minimum atomic E-state index is -4.26. The number of rotatable bonds is 4. The van der Waals surface area contributed by atoms with Crippen molar-refractivity contribution >= 4 is 15.9 Å². The summed E-state index contributed by atoms with van der Waals surface area (Å²) in [5.74, 6) is 0.593. The molecule has 0 saturated heterocycles. The van der Waals surface area contributed by atoms with Crippen LogP contribution in [0.2, 0.25) is 0 Å². The summed E-state index contributed by atoms with van der Waals surface area (Å²) >= 11 is 3.23. The normalized spacial score (nSPS) is 13.5. The van der Waals surface area contributed by atoms with Crippen molar-refractivity contribution in [1.82, 2.24) is 0 Å². The maximum Gasteiger partial charge on any atom is 0.390 e. The molecule has 1 atom stereocenters. The van der Waals surface area contributed by atoms with Gasteiger partial charge in [-0.25, -0.2) is 0 Å². The molecule has 1 aromatic carbocycles. The third kappa shape index (κ3) is 4.55. The lowest BCUT2D eigenvalue weighted by Gasteiger charge is -2.15. The van der Waals surface area contributed by atoms with Crippen LogP contribution in [0.4, 0.5) is 13.2 Å². The van der Waals surface area contributed by atoms with Crippen LogP contribution in [-0.4, -0.2) is 12.8 Å². The SMILES string of the molecule is CCOc1ccc(C(N)CC(F)(F)F)cc1Br. The summed E-state index contributed by atoms with van der Waals surface area (Å²) in [6.45, 7) is 2.32. The zero-order valence-corrected chi connectivity index (χ0v) is 10.8. The first-order valence-electron chi connectivity index (χ1n) is 5.08. The van der Waals surface area contributed by atoms with Gasteiger partial charge < -0.3 is 10.5 Å². The molecule has 6 heteroatoms. The molecule has 0 aromatic heterocycles. The van der Waals surface area contributed by atoms with E-state index in [0.717, 1.165) is 0 Å². The van der Waals surface area contributed by atoms with Gasteiger partial charge in [-0.3, -0.25) is 0 Å². The molecule has 0 aliphatic rings. The van der Waals surface area contributed by atoms with E-state index in [9.17, 15) is 13.2 Å². The second-order valence-corrected chi connectivity index (χ2v) is 4.40. The Balaban J connectivity index is 2.82. The second kappa shape index (κ2) is 5.73. The van der Waals surface area contributed by atoms with E-state index >= 15 is 0 Å². The monoisotopic (exact) mass is 311 g/mol. The standard InChI is InChI=1S/C11H13BrF3NO/c1-2-17-10-4-3-7(5-8(10)12)9(16)6-11(13,14)15/h3-5,9H,2,6,16H2,1H3. The molecular weight excluding hydrogens is 299 g/mol. The van der Waals surface area contributed by atoms with Crippen molar-refractivity contribution in [2.45, 2.75) is 25.6 Å². The lowest BCUT2D eigenvalue weighted by molar-refractivity contribution is -0.138. The zero-order valence-electron chi connectivity index (χ0n) is 9.22. The van der Waals surface area contributed by atoms with Crippen LogP contribution in [0.5, 0.6) is 5.75 Å². The highest BCUT2D eigenvalue weighted by molar-refractivity contribution is 9.10. The summed E-state index contributed by atoms with van der Waals surface area (Å²) in [5.41, 5.74) is 5.92. The van der Waals surface area contributed by atoms with Gasteiger partial charge in [-0.15, -0.1) is 0 Å². The molecule has 0 saturated carbocycles. The van der Waals surface area contributed by atoms with Gasteiger partial charge in [0.1, 0.15) is 5.75 Å². The van der Waals surface area contributed by atoms with E-state index in [1.807, 2.05) is 6.92 Å². The molecular formula is C11H13BrF3NO. The number of halogens is 4. The Labute approximate surface area is 106 Å². The van der Waals surface area contributed by atoms with Gasteiger partial charge in [-0.2, -0.15) is 13.2 Å². The van der Waals surface area contributed by atoms with Crippen LogP contribution in [-0.2, 0) is 0 Å². The Bertz CT molecular complexity index is 381. The lowest BCUT2D eigenvalue weighted by Crippen LogP contribution is -2.20. The average Bonchev–Trinajstić information content (AvgIpc) is 2.18. The molecule has 0 aliphatic heterocycles. The molecule has 0 heterocycles. The maximum atomic E-state index is 12.2. The average molecular weight is 312 g/mol. The molecule has 0 aliphatic carbocycles. The van der Waals surface area contributed by atoms with Crippen molar-refractivity contribution < 1.29 is 17.9 Å². The summed E-state index contributed by atoms with van der Waals surface area (Å²) in [5, 5.41) is 0. The van der Waals surface area contributed by atoms with E-state index in [1.165, 1.54) is 0 Å². The van der Waals surface area contributed by atoms with E-state index in [2.05, 4.69) is 15.9 Å². The molecule has 2 N–H and O–H groups in total. The van der Waals surface area contributed by atoms with Gasteiger partial charge in [0.05, 0.1) is 17.5 Å². The van der Waals surface area contributed by atoms with E-state index < -0.39 is 18.6 Å². The predicted molar refractivity (Wildman–Crippen MR) is 62.9 cm³/mol. The van der Waals surface area contributed by atoms with Crippen molar-refractivity contribution in [3.05, 3.63) is 28.2 Å². The molecule has 96 valence electrons. The van der Waals surface area contributed by atoms with Gasteiger partial charge in [0.25, 0.3) is 0 Å². The van der Waals surface area contributed by atoms with Gasteiger partial charge in [0.2, 0.25) is 0 Å². The van der Waals surface area contributed by atoms with Crippen LogP contribution in [0.1, 0.15) is 24.9 Å². The molecule has 0 fully saturated rings. The molecule has 1 rings (SSSR count). The Morgan fingerprint density at radius 2 is 2.06 bits per heavy atom. The Morgan fingerprint density at radius 1 is 1.41 bits per heavy atom. The van der Waals surface area contributed by atoms with Crippen LogP contribution >= 0.6 is 15.9 Å². The molecule has 17 heavy (non-hydrogen) atoms. The van der Waals surface area contributed by atoms with Crippen LogP contribution in [0.25, 0.3) is 0 Å². The topological polar surface area (TPSA) is 35.2 Å². The summed E-state index contributed by atoms with van der Waals surface area (Å²) < 4.78 is 42.4. The Kier molecular flexibility index (Phi) is 4.82. The van der Waals surface area contributed by atoms with Crippen molar-refractivity contribution in [3.8, 4) is 5.75 Å². The van der Waals surface area contributed by atoms with Crippen molar-refractivity contribution in [1.29, 1.82) is 0 Å². The van der Waals surface area contributed by atoms with Gasteiger partial charge in [0, 0.05) is 6.04 Å². The van der Waals surface area contributed by atoms with Crippen molar-refractivity contribution in [2.24, 2.45) is 5.73 Å². The van der Waals surface area contributed by atoms with E-state index in [0.29, 0.717) is 22.4 Å². The fourth-order valence-electron chi connectivity index (χ4n) is 1.39. The first-order chi connectivity index (χ1) is 7.83. The summed E-state index contributed by atoms with van der Waals surface area (Å²) in [7, 11) is 0. The highest BCUT2D eigenvalue weighted by atomic mass is 79.9. The van der Waals surface area contributed by atoms with Gasteiger partial charge >= 0.3 is 6.18 Å². The Morgan fingerprint density at radius 3 is 2.53 bits per heavy atom. The first-order valence-corrected chi connectivity index (χ1v) is 5.87. The highest BCUT2D eigenvalue weighted by Gasteiger charge is 2.31. The minimum Gasteiger partial charge on any atom is -0.493 e. The second-order valence-electron chi connectivity index (χ2n) is 3.55. The molecule has 0 radical (unpaired) electrons. The number of ether oxygens (including phenoxy) is 1. The molecule has 1 unspecified atom stereocenters. The van der Waals surface area contributed by atoms with Crippen molar-refractivity contribution in [3.63, 3.8) is 0 Å². The van der Waals surface area contributed by atoms with E-state index in [1.54, 1.807) is 18.2 Å². The molecule has 2 nitrogen and oxygen atoms in total. The van der Waals surface area contributed by atoms with Crippen LogP contribution in [0.3, 0.4) is 0 Å². The molecule has 0 spiro atoms. The van der Waals surface area contributed by atoms with Crippen molar-refractivity contribution in [2.75, 3.05) is 6.61 Å². The maximum absolute atomic E-state index is 12.2. The number of nitrogens with two attached hydrogens (primary N) is 1. The largest absolute Gasteiger partial charge is 0.493 e. The summed E-state index contributed by atoms with van der Waals surface area (Å²) in [6, 6.07) is 3.66.